The summed E-state index contributed by atoms with van der Waals surface area (Å²) in [7, 11) is 0. The second-order valence-electron chi connectivity index (χ2n) is 0. The van der Waals surface area contributed by atoms with Crippen molar-refractivity contribution in [3.63, 3.8) is 0 Å². The van der Waals surface area contributed by atoms with Gasteiger partial charge in [-0.3, -0.25) is 0 Å². The maximum Gasteiger partial charge on any atom is 3.00 e. The van der Waals surface area contributed by atoms with E-state index in [1.54, 1.807) is 0 Å². The molecule has 0 heterocycles. The van der Waals surface area contributed by atoms with Crippen LogP contribution in [0.4, 0.5) is 0 Å². The largest absolute Gasteiger partial charge is 3.00 e. The van der Waals surface area contributed by atoms with Crippen molar-refractivity contribution in [3.05, 3.63) is 0 Å². The summed E-state index contributed by atoms with van der Waals surface area (Å²) < 4.78 is 0. The van der Waals surface area contributed by atoms with Gasteiger partial charge in [0.1, 0.15) is 0 Å². The predicted molar refractivity (Wildman–Crippen MR) is 21.7 cm³/mol. The van der Waals surface area contributed by atoms with Crippen LogP contribution in [0.5, 0.6) is 0 Å². The number of halogens is 3. The van der Waals surface area contributed by atoms with E-state index in [0.717, 1.165) is 0 Å². The molecule has 0 aliphatic heterocycles. The van der Waals surface area contributed by atoms with Crippen molar-refractivity contribution in [3.8, 4) is 0 Å². The van der Waals surface area contributed by atoms with Crippen LogP contribution in [0.25, 0.3) is 0 Å². The van der Waals surface area contributed by atoms with E-state index >= 15 is 0 Å². The molecular weight excluding hydrogens is 353 g/mol. The number of hydrogen-bond acceptors (Lipinski definition) is 0. The molecule has 75 valence electrons. The van der Waals surface area contributed by atoms with Crippen LogP contribution in [0.1, 0.15) is 0 Å². The Morgan fingerprint density at radius 2 is 0.300 bits per heavy atom. The summed E-state index contributed by atoms with van der Waals surface area (Å²) in [5, 5.41) is 0. The Morgan fingerprint density at radius 3 is 0.300 bits per heavy atom. The van der Waals surface area contributed by atoms with Gasteiger partial charge < -0.3 is 70.1 Å². The molecule has 1 radical (unpaired) electrons. The van der Waals surface area contributed by atoms with Gasteiger partial charge in [-0.05, 0) is 0 Å². The van der Waals surface area contributed by atoms with Gasteiger partial charge in [-0.1, -0.05) is 0 Å². The van der Waals surface area contributed by atoms with Gasteiger partial charge in [0.05, 0.1) is 0 Å². The van der Waals surface area contributed by atoms with E-state index in [1.165, 1.54) is 0 Å². The molecule has 0 saturated carbocycles. The molecule has 0 amide bonds. The van der Waals surface area contributed by atoms with Crippen molar-refractivity contribution in [2.24, 2.45) is 0 Å². The average molecular weight is 365 g/mol. The molecule has 0 aromatic carbocycles. The van der Waals surface area contributed by atoms with E-state index in [1.807, 2.05) is 0 Å². The fraction of sp³-hybridized carbons (Fsp3) is 0. The molecule has 6 nitrogen and oxygen atoms in total. The van der Waals surface area contributed by atoms with Crippen molar-refractivity contribution in [2.45, 2.75) is 0 Å². The van der Waals surface area contributed by atoms with Gasteiger partial charge in [-0.2, -0.15) is 0 Å². The van der Waals surface area contributed by atoms with Gasteiger partial charge in [-0.25, -0.2) is 0 Å². The average Bonchev–Trinajstić information content (AvgIpc) is 0. The summed E-state index contributed by atoms with van der Waals surface area (Å²) >= 11 is 0. The third-order valence-electron chi connectivity index (χ3n) is 0. The molecular formula is H12Cl3O6Sm. The second-order valence-corrected chi connectivity index (χ2v) is 0. The van der Waals surface area contributed by atoms with Gasteiger partial charge in [0, 0.05) is 0 Å². The minimum Gasteiger partial charge on any atom is -1.00 e. The Bertz CT molecular complexity index is 13.0. The fourth-order valence-electron chi connectivity index (χ4n) is 0. The molecule has 0 atom stereocenters. The van der Waals surface area contributed by atoms with E-state index in [9.17, 15) is 0 Å². The topological polar surface area (TPSA) is 189 Å². The Kier molecular flexibility index (Phi) is 10500. The summed E-state index contributed by atoms with van der Waals surface area (Å²) in [5.41, 5.74) is 0. The SMILES string of the molecule is O.O.O.O.O.O.[Cl-].[Cl-].[Cl-].[Sm+3]. The monoisotopic (exact) mass is 365 g/mol. The van der Waals surface area contributed by atoms with Crippen LogP contribution in [-0.4, -0.2) is 32.9 Å². The summed E-state index contributed by atoms with van der Waals surface area (Å²) in [6, 6.07) is 0. The van der Waals surface area contributed by atoms with Crippen molar-refractivity contribution >= 4 is 0 Å². The Balaban J connectivity index is 0. The first-order valence-electron chi connectivity index (χ1n) is 0. The van der Waals surface area contributed by atoms with E-state index in [-0.39, 0.29) is 110 Å². The minimum absolute atomic E-state index is 0. The molecule has 0 aromatic heterocycles. The molecule has 0 aromatic rings. The van der Waals surface area contributed by atoms with Crippen molar-refractivity contribution in [1.29, 1.82) is 0 Å². The van der Waals surface area contributed by atoms with Crippen LogP contribution in [0, 0.1) is 40.4 Å². The third kappa shape index (κ3) is 207. The molecule has 0 aliphatic carbocycles. The third-order valence-corrected chi connectivity index (χ3v) is 0. The van der Waals surface area contributed by atoms with Crippen LogP contribution >= 0.6 is 0 Å². The van der Waals surface area contributed by atoms with Crippen LogP contribution in [0.2, 0.25) is 0 Å². The first kappa shape index (κ1) is 372. The van der Waals surface area contributed by atoms with Crippen molar-refractivity contribution in [2.75, 3.05) is 0 Å². The normalized spacial score (nSPS) is 0. The van der Waals surface area contributed by atoms with Crippen LogP contribution in [-0.2, 0) is 0 Å². The molecule has 10 heteroatoms. The zero-order valence-electron chi connectivity index (χ0n) is 4.54. The molecule has 0 aliphatic rings. The first-order valence-corrected chi connectivity index (χ1v) is 0. The molecule has 0 fully saturated rings. The summed E-state index contributed by atoms with van der Waals surface area (Å²) in [6.07, 6.45) is 0. The molecule has 12 N–H and O–H groups in total. The smallest absolute Gasteiger partial charge is 1.00 e. The maximum absolute atomic E-state index is 0. The van der Waals surface area contributed by atoms with Gasteiger partial charge >= 0.3 is 40.4 Å². The summed E-state index contributed by atoms with van der Waals surface area (Å²) in [6.45, 7) is 0. The zero-order chi connectivity index (χ0) is 0. The van der Waals surface area contributed by atoms with Crippen molar-refractivity contribution in [1.82, 2.24) is 0 Å². The molecule has 0 unspecified atom stereocenters. The van der Waals surface area contributed by atoms with Gasteiger partial charge in [0.2, 0.25) is 0 Å². The fourth-order valence-corrected chi connectivity index (χ4v) is 0. The number of hydrogen-bond donors (Lipinski definition) is 0. The maximum atomic E-state index is 0. The van der Waals surface area contributed by atoms with E-state index in [2.05, 4.69) is 0 Å². The summed E-state index contributed by atoms with van der Waals surface area (Å²) in [5.74, 6) is 0. The summed E-state index contributed by atoms with van der Waals surface area (Å²) in [4.78, 5) is 0. The Labute approximate surface area is 109 Å². The van der Waals surface area contributed by atoms with Gasteiger partial charge in [0.25, 0.3) is 0 Å². The zero-order valence-corrected chi connectivity index (χ0v) is 9.43. The van der Waals surface area contributed by atoms with Crippen LogP contribution in [0.15, 0.2) is 0 Å². The molecule has 0 bridgehead atoms. The van der Waals surface area contributed by atoms with E-state index in [4.69, 9.17) is 0 Å². The predicted octanol–water partition coefficient (Wildman–Crippen LogP) is -13.9. The minimum atomic E-state index is 0. The second kappa shape index (κ2) is 281. The van der Waals surface area contributed by atoms with Gasteiger partial charge in [0.15, 0.2) is 0 Å². The Morgan fingerprint density at radius 1 is 0.300 bits per heavy atom. The van der Waals surface area contributed by atoms with Crippen LogP contribution in [0.3, 0.4) is 0 Å². The molecule has 10 heavy (non-hydrogen) atoms. The quantitative estimate of drug-likeness (QED) is 0.394. The van der Waals surface area contributed by atoms with Crippen molar-refractivity contribution < 1.29 is 110 Å². The Hall–Kier alpha value is 1.97. The molecule has 0 spiro atoms. The standard InChI is InChI=1S/3ClH.6H2O.Sm/h3*1H;6*1H2;/q;;;;;;;;;+3/p-3. The van der Waals surface area contributed by atoms with Crippen LogP contribution < -0.4 is 37.2 Å². The first-order chi connectivity index (χ1) is 0. The molecule has 0 rings (SSSR count). The molecule has 0 saturated heterocycles. The van der Waals surface area contributed by atoms with E-state index in [0.29, 0.717) is 0 Å². The van der Waals surface area contributed by atoms with Gasteiger partial charge in [-0.15, -0.1) is 0 Å². The van der Waals surface area contributed by atoms with E-state index < -0.39 is 0 Å². The number of rotatable bonds is 0.